The fraction of sp³-hybridized carbons (Fsp3) is 0.200. The van der Waals surface area contributed by atoms with Crippen LogP contribution in [0.3, 0.4) is 0 Å². The quantitative estimate of drug-likeness (QED) is 0.804. The van der Waals surface area contributed by atoms with E-state index in [-0.39, 0.29) is 10.7 Å². The van der Waals surface area contributed by atoms with E-state index in [2.05, 4.69) is 5.32 Å². The number of anilines is 2. The van der Waals surface area contributed by atoms with Crippen molar-refractivity contribution in [3.63, 3.8) is 0 Å². The van der Waals surface area contributed by atoms with Crippen LogP contribution in [0.15, 0.2) is 53.2 Å². The Hall–Kier alpha value is -2.79. The monoisotopic (exact) mass is 370 g/mol. The smallest absolute Gasteiger partial charge is 0.283 e. The molecule has 6 heteroatoms. The van der Waals surface area contributed by atoms with Gasteiger partial charge in [-0.2, -0.15) is 0 Å². The molecule has 2 amide bonds. The topological polar surface area (TPSA) is 58.6 Å². The van der Waals surface area contributed by atoms with Crippen molar-refractivity contribution in [1.82, 2.24) is 0 Å². The van der Waals surface area contributed by atoms with E-state index in [1.165, 1.54) is 0 Å². The first-order valence-corrected chi connectivity index (χ1v) is 8.66. The van der Waals surface area contributed by atoms with E-state index in [1.54, 1.807) is 24.3 Å². The number of amides is 2. The molecule has 0 spiro atoms. The van der Waals surface area contributed by atoms with Gasteiger partial charge >= 0.3 is 0 Å². The molecule has 0 unspecified atom stereocenters. The van der Waals surface area contributed by atoms with Crippen molar-refractivity contribution in [2.24, 2.45) is 0 Å². The molecular weight excluding hydrogens is 352 g/mol. The summed E-state index contributed by atoms with van der Waals surface area (Å²) in [5.74, 6) is -0.361. The number of carbonyl (C=O) groups is 2. The molecule has 134 valence electrons. The Balaban J connectivity index is 1.87. The van der Waals surface area contributed by atoms with Crippen molar-refractivity contribution < 1.29 is 14.3 Å². The van der Waals surface area contributed by atoms with Crippen molar-refractivity contribution in [3.05, 3.63) is 64.3 Å². The number of nitrogens with zero attached hydrogens (tertiary/aromatic N) is 1. The number of carbonyl (C=O) groups excluding carboxylic acids is 2. The minimum atomic E-state index is -0.548. The second-order valence-electron chi connectivity index (χ2n) is 6.00. The molecule has 0 aliphatic carbocycles. The van der Waals surface area contributed by atoms with Crippen LogP contribution in [-0.4, -0.2) is 18.4 Å². The minimum Gasteiger partial charge on any atom is -0.494 e. The third-order valence-corrected chi connectivity index (χ3v) is 4.43. The molecule has 0 atom stereocenters. The van der Waals surface area contributed by atoms with Gasteiger partial charge in [-0.1, -0.05) is 29.3 Å². The summed E-state index contributed by atoms with van der Waals surface area (Å²) in [6.07, 6.45) is 0. The van der Waals surface area contributed by atoms with Crippen LogP contribution >= 0.6 is 11.6 Å². The fourth-order valence-electron chi connectivity index (χ4n) is 2.79. The van der Waals surface area contributed by atoms with E-state index in [4.69, 9.17) is 16.3 Å². The Bertz CT molecular complexity index is 904. The summed E-state index contributed by atoms with van der Waals surface area (Å²) in [5, 5.41) is 2.89. The highest BCUT2D eigenvalue weighted by atomic mass is 35.5. The molecule has 3 rings (SSSR count). The van der Waals surface area contributed by atoms with Crippen LogP contribution in [0.2, 0.25) is 0 Å². The Morgan fingerprint density at radius 3 is 2.35 bits per heavy atom. The van der Waals surface area contributed by atoms with Gasteiger partial charge in [0.2, 0.25) is 0 Å². The van der Waals surface area contributed by atoms with E-state index >= 15 is 0 Å². The van der Waals surface area contributed by atoms with Crippen LogP contribution in [0.5, 0.6) is 5.75 Å². The van der Waals surface area contributed by atoms with Gasteiger partial charge in [-0.15, -0.1) is 0 Å². The lowest BCUT2D eigenvalue weighted by Crippen LogP contribution is -2.32. The first-order chi connectivity index (χ1) is 12.4. The van der Waals surface area contributed by atoms with Crippen molar-refractivity contribution in [2.75, 3.05) is 16.8 Å². The summed E-state index contributed by atoms with van der Waals surface area (Å²) < 4.78 is 5.38. The average molecular weight is 371 g/mol. The number of rotatable bonds is 5. The number of hydrogen-bond donors (Lipinski definition) is 1. The Labute approximate surface area is 157 Å². The van der Waals surface area contributed by atoms with E-state index in [9.17, 15) is 9.59 Å². The Kier molecular flexibility index (Phi) is 5.00. The largest absolute Gasteiger partial charge is 0.494 e. The predicted octanol–water partition coefficient (Wildman–Crippen LogP) is 4.14. The number of benzene rings is 2. The lowest BCUT2D eigenvalue weighted by atomic mass is 10.1. The number of hydrogen-bond acceptors (Lipinski definition) is 4. The highest BCUT2D eigenvalue weighted by molar-refractivity contribution is 6.53. The van der Waals surface area contributed by atoms with Crippen LogP contribution in [0, 0.1) is 13.8 Å². The van der Waals surface area contributed by atoms with Gasteiger partial charge in [-0.05, 0) is 56.7 Å². The van der Waals surface area contributed by atoms with Gasteiger partial charge in [-0.3, -0.25) is 9.59 Å². The Morgan fingerprint density at radius 1 is 1.04 bits per heavy atom. The third-order valence-electron chi connectivity index (χ3n) is 4.07. The van der Waals surface area contributed by atoms with Gasteiger partial charge in [0.15, 0.2) is 0 Å². The normalized spacial score (nSPS) is 14.2. The Morgan fingerprint density at radius 2 is 1.73 bits per heavy atom. The van der Waals surface area contributed by atoms with Crippen LogP contribution in [0.1, 0.15) is 18.1 Å². The summed E-state index contributed by atoms with van der Waals surface area (Å²) in [7, 11) is 0. The third kappa shape index (κ3) is 3.30. The lowest BCUT2D eigenvalue weighted by molar-refractivity contribution is -0.120. The lowest BCUT2D eigenvalue weighted by Gasteiger charge is -2.16. The molecule has 5 nitrogen and oxygen atoms in total. The van der Waals surface area contributed by atoms with Gasteiger partial charge in [0.1, 0.15) is 16.5 Å². The summed E-state index contributed by atoms with van der Waals surface area (Å²) in [4.78, 5) is 26.4. The standard InChI is InChI=1S/C20H19ClN2O3/c1-4-26-15-8-6-14(7-9-15)23-19(24)17(21)18(20(23)25)22-16-10-5-12(2)11-13(16)3/h5-11,22H,4H2,1-3H3. The number of imide groups is 1. The molecule has 0 bridgehead atoms. The molecule has 0 fully saturated rings. The maximum atomic E-state index is 12.8. The highest BCUT2D eigenvalue weighted by Gasteiger charge is 2.39. The van der Waals surface area contributed by atoms with Crippen LogP contribution in [0.4, 0.5) is 11.4 Å². The molecule has 2 aromatic rings. The SMILES string of the molecule is CCOc1ccc(N2C(=O)C(Cl)=C(Nc3ccc(C)cc3C)C2=O)cc1. The van der Waals surface area contributed by atoms with Gasteiger partial charge < -0.3 is 10.1 Å². The first-order valence-electron chi connectivity index (χ1n) is 8.28. The molecular formula is C20H19ClN2O3. The summed E-state index contributed by atoms with van der Waals surface area (Å²) in [6.45, 7) is 6.34. The molecule has 26 heavy (non-hydrogen) atoms. The van der Waals surface area contributed by atoms with E-state index in [1.807, 2.05) is 39.0 Å². The van der Waals surface area contributed by atoms with E-state index in [0.29, 0.717) is 18.0 Å². The molecule has 0 aromatic heterocycles. The van der Waals surface area contributed by atoms with E-state index < -0.39 is 11.8 Å². The van der Waals surface area contributed by atoms with Gasteiger partial charge in [-0.25, -0.2) is 4.90 Å². The maximum absolute atomic E-state index is 12.8. The van der Waals surface area contributed by atoms with Gasteiger partial charge in [0.05, 0.1) is 12.3 Å². The molecule has 2 aromatic carbocycles. The van der Waals surface area contributed by atoms with Crippen molar-refractivity contribution >= 4 is 34.8 Å². The second kappa shape index (κ2) is 7.22. The predicted molar refractivity (Wildman–Crippen MR) is 103 cm³/mol. The average Bonchev–Trinajstić information content (AvgIpc) is 2.82. The molecule has 1 aliphatic rings. The van der Waals surface area contributed by atoms with Crippen molar-refractivity contribution in [2.45, 2.75) is 20.8 Å². The van der Waals surface area contributed by atoms with Crippen LogP contribution in [0.25, 0.3) is 0 Å². The van der Waals surface area contributed by atoms with Gasteiger partial charge in [0.25, 0.3) is 11.8 Å². The molecule has 0 saturated carbocycles. The summed E-state index contributed by atoms with van der Waals surface area (Å²) in [6, 6.07) is 12.5. The summed E-state index contributed by atoms with van der Waals surface area (Å²) in [5.41, 5.74) is 3.33. The molecule has 1 heterocycles. The number of nitrogens with one attached hydrogen (secondary N) is 1. The number of halogens is 1. The van der Waals surface area contributed by atoms with E-state index in [0.717, 1.165) is 21.7 Å². The maximum Gasteiger partial charge on any atom is 0.283 e. The van der Waals surface area contributed by atoms with Crippen molar-refractivity contribution in [1.29, 1.82) is 0 Å². The first kappa shape index (κ1) is 18.0. The second-order valence-corrected chi connectivity index (χ2v) is 6.38. The number of aryl methyl sites for hydroxylation is 2. The molecule has 0 radical (unpaired) electrons. The van der Waals surface area contributed by atoms with Crippen LogP contribution in [-0.2, 0) is 9.59 Å². The summed E-state index contributed by atoms with van der Waals surface area (Å²) >= 11 is 6.16. The molecule has 1 N–H and O–H groups in total. The zero-order valence-corrected chi connectivity index (χ0v) is 15.6. The fourth-order valence-corrected chi connectivity index (χ4v) is 3.01. The zero-order chi connectivity index (χ0) is 18.8. The molecule has 1 aliphatic heterocycles. The highest BCUT2D eigenvalue weighted by Crippen LogP contribution is 2.31. The minimum absolute atomic E-state index is 0.0810. The zero-order valence-electron chi connectivity index (χ0n) is 14.8. The van der Waals surface area contributed by atoms with Crippen molar-refractivity contribution in [3.8, 4) is 5.75 Å². The van der Waals surface area contributed by atoms with Gasteiger partial charge in [0, 0.05) is 5.69 Å². The molecule has 0 saturated heterocycles. The number of ether oxygens (including phenoxy) is 1. The van der Waals surface area contributed by atoms with Crippen LogP contribution < -0.4 is 15.0 Å².